The monoisotopic (exact) mass is 291 g/mol. The van der Waals surface area contributed by atoms with Gasteiger partial charge in [0.2, 0.25) is 0 Å². The molecule has 0 saturated carbocycles. The third-order valence-electron chi connectivity index (χ3n) is 3.13. The fourth-order valence-corrected chi connectivity index (χ4v) is 2.48. The highest BCUT2D eigenvalue weighted by molar-refractivity contribution is 7.71. The first kappa shape index (κ1) is 13.2. The molecule has 2 aromatic rings. The van der Waals surface area contributed by atoms with Crippen LogP contribution in [0.25, 0.3) is 0 Å². The number of para-hydroxylation sites is 2. The predicted octanol–water partition coefficient (Wildman–Crippen LogP) is 3.11. The van der Waals surface area contributed by atoms with E-state index >= 15 is 0 Å². The molecule has 0 amide bonds. The number of nitrogens with zero attached hydrogens (tertiary/aromatic N) is 2. The van der Waals surface area contributed by atoms with Crippen LogP contribution in [-0.2, 0) is 6.54 Å². The van der Waals surface area contributed by atoms with Gasteiger partial charge in [0.25, 0.3) is 0 Å². The highest BCUT2D eigenvalue weighted by Gasteiger charge is 2.27. The van der Waals surface area contributed by atoms with E-state index < -0.39 is 0 Å². The standard InChI is InChI=1S/C14H17N3O2S/c1-9(2)7-17-13(15-16-14(17)20)12-8-18-10-5-3-4-6-11(10)19-12/h3-6,9,12H,7-8H2,1-2H3,(H,16,20). The summed E-state index contributed by atoms with van der Waals surface area (Å²) in [6, 6.07) is 7.65. The molecule has 1 aromatic carbocycles. The first-order valence-corrected chi connectivity index (χ1v) is 7.09. The van der Waals surface area contributed by atoms with Crippen molar-refractivity contribution in [3.8, 4) is 11.5 Å². The Labute approximate surface area is 122 Å². The van der Waals surface area contributed by atoms with Gasteiger partial charge < -0.3 is 14.0 Å². The van der Waals surface area contributed by atoms with Crippen molar-refractivity contribution in [2.45, 2.75) is 26.5 Å². The van der Waals surface area contributed by atoms with E-state index in [0.717, 1.165) is 23.9 Å². The zero-order valence-corrected chi connectivity index (χ0v) is 12.3. The number of aromatic amines is 1. The number of rotatable bonds is 3. The van der Waals surface area contributed by atoms with E-state index in [-0.39, 0.29) is 6.10 Å². The highest BCUT2D eigenvalue weighted by atomic mass is 32.1. The third kappa shape index (κ3) is 2.43. The normalized spacial score (nSPS) is 17.4. The number of fused-ring (bicyclic) bond motifs is 1. The molecule has 106 valence electrons. The lowest BCUT2D eigenvalue weighted by Gasteiger charge is -2.26. The van der Waals surface area contributed by atoms with Gasteiger partial charge in [-0.15, -0.1) is 0 Å². The summed E-state index contributed by atoms with van der Waals surface area (Å²) in [7, 11) is 0. The Bertz CT molecular complexity index is 662. The van der Waals surface area contributed by atoms with Gasteiger partial charge in [-0.3, -0.25) is 5.10 Å². The molecule has 1 unspecified atom stereocenters. The lowest BCUT2D eigenvalue weighted by atomic mass is 10.2. The summed E-state index contributed by atoms with van der Waals surface area (Å²) in [5, 5.41) is 7.15. The van der Waals surface area contributed by atoms with E-state index in [1.807, 2.05) is 28.8 Å². The molecular weight excluding hydrogens is 274 g/mol. The van der Waals surface area contributed by atoms with Crippen LogP contribution < -0.4 is 9.47 Å². The van der Waals surface area contributed by atoms with Crippen LogP contribution >= 0.6 is 12.2 Å². The van der Waals surface area contributed by atoms with E-state index in [2.05, 4.69) is 24.0 Å². The van der Waals surface area contributed by atoms with Crippen LogP contribution in [0.5, 0.6) is 11.5 Å². The van der Waals surface area contributed by atoms with Crippen molar-refractivity contribution in [1.29, 1.82) is 0 Å². The summed E-state index contributed by atoms with van der Waals surface area (Å²) in [5.41, 5.74) is 0. The summed E-state index contributed by atoms with van der Waals surface area (Å²) in [5.74, 6) is 2.79. The maximum Gasteiger partial charge on any atom is 0.195 e. The number of ether oxygens (including phenoxy) is 2. The Hall–Kier alpha value is -1.82. The summed E-state index contributed by atoms with van der Waals surface area (Å²) in [6.07, 6.45) is -0.239. The van der Waals surface area contributed by atoms with Gasteiger partial charge in [-0.05, 0) is 30.3 Å². The van der Waals surface area contributed by atoms with Crippen molar-refractivity contribution < 1.29 is 9.47 Å². The van der Waals surface area contributed by atoms with Crippen LogP contribution in [0, 0.1) is 10.7 Å². The fraction of sp³-hybridized carbons (Fsp3) is 0.429. The van der Waals surface area contributed by atoms with E-state index in [4.69, 9.17) is 21.7 Å². The Kier molecular flexibility index (Phi) is 3.48. The minimum absolute atomic E-state index is 0.239. The molecule has 0 radical (unpaired) electrons. The fourth-order valence-electron chi connectivity index (χ4n) is 2.26. The number of hydrogen-bond donors (Lipinski definition) is 1. The molecule has 1 aliphatic rings. The van der Waals surface area contributed by atoms with Crippen molar-refractivity contribution in [3.63, 3.8) is 0 Å². The minimum atomic E-state index is -0.239. The summed E-state index contributed by atoms with van der Waals surface area (Å²) >= 11 is 5.29. The lowest BCUT2D eigenvalue weighted by molar-refractivity contribution is 0.0815. The van der Waals surface area contributed by atoms with Crippen LogP contribution in [-0.4, -0.2) is 21.4 Å². The van der Waals surface area contributed by atoms with Crippen LogP contribution in [0.3, 0.4) is 0 Å². The molecule has 1 N–H and O–H groups in total. The number of hydrogen-bond acceptors (Lipinski definition) is 4. The van der Waals surface area contributed by atoms with Crippen molar-refractivity contribution in [2.24, 2.45) is 5.92 Å². The topological polar surface area (TPSA) is 52.1 Å². The molecule has 1 aromatic heterocycles. The number of benzene rings is 1. The first-order chi connectivity index (χ1) is 9.65. The maximum atomic E-state index is 5.98. The van der Waals surface area contributed by atoms with E-state index in [0.29, 0.717) is 17.3 Å². The molecule has 0 aliphatic carbocycles. The van der Waals surface area contributed by atoms with Gasteiger partial charge in [-0.1, -0.05) is 26.0 Å². The Balaban J connectivity index is 1.90. The van der Waals surface area contributed by atoms with Crippen LogP contribution in [0.4, 0.5) is 0 Å². The molecule has 0 saturated heterocycles. The van der Waals surface area contributed by atoms with Crippen LogP contribution in [0.1, 0.15) is 25.8 Å². The van der Waals surface area contributed by atoms with Crippen molar-refractivity contribution in [2.75, 3.05) is 6.61 Å². The largest absolute Gasteiger partial charge is 0.485 e. The molecule has 5 nitrogen and oxygen atoms in total. The second-order valence-electron chi connectivity index (χ2n) is 5.26. The predicted molar refractivity (Wildman–Crippen MR) is 77.6 cm³/mol. The van der Waals surface area contributed by atoms with Crippen molar-refractivity contribution in [3.05, 3.63) is 34.9 Å². The van der Waals surface area contributed by atoms with Crippen molar-refractivity contribution in [1.82, 2.24) is 14.8 Å². The maximum absolute atomic E-state index is 5.98. The molecule has 20 heavy (non-hydrogen) atoms. The molecule has 3 rings (SSSR count). The summed E-state index contributed by atoms with van der Waals surface area (Å²) in [4.78, 5) is 0. The second-order valence-corrected chi connectivity index (χ2v) is 5.64. The average Bonchev–Trinajstić information content (AvgIpc) is 2.79. The van der Waals surface area contributed by atoms with Gasteiger partial charge >= 0.3 is 0 Å². The Morgan fingerprint density at radius 1 is 1.40 bits per heavy atom. The van der Waals surface area contributed by atoms with Gasteiger partial charge in [0.15, 0.2) is 28.2 Å². The number of aromatic nitrogens is 3. The van der Waals surface area contributed by atoms with Gasteiger partial charge in [0.05, 0.1) is 0 Å². The van der Waals surface area contributed by atoms with Gasteiger partial charge in [0.1, 0.15) is 6.61 Å². The Morgan fingerprint density at radius 3 is 2.90 bits per heavy atom. The lowest BCUT2D eigenvalue weighted by Crippen LogP contribution is -2.25. The molecular formula is C14H17N3O2S. The summed E-state index contributed by atoms with van der Waals surface area (Å²) in [6.45, 7) is 5.54. The Morgan fingerprint density at radius 2 is 2.15 bits per heavy atom. The van der Waals surface area contributed by atoms with Gasteiger partial charge in [-0.25, -0.2) is 0 Å². The first-order valence-electron chi connectivity index (χ1n) is 6.68. The van der Waals surface area contributed by atoms with Gasteiger partial charge in [-0.2, -0.15) is 5.10 Å². The molecule has 6 heteroatoms. The molecule has 0 bridgehead atoms. The molecule has 0 fully saturated rings. The van der Waals surface area contributed by atoms with E-state index in [9.17, 15) is 0 Å². The van der Waals surface area contributed by atoms with E-state index in [1.54, 1.807) is 0 Å². The number of H-pyrrole nitrogens is 1. The average molecular weight is 291 g/mol. The molecule has 0 spiro atoms. The number of nitrogens with one attached hydrogen (secondary N) is 1. The quantitative estimate of drug-likeness (QED) is 0.883. The minimum Gasteiger partial charge on any atom is -0.485 e. The smallest absolute Gasteiger partial charge is 0.195 e. The SMILES string of the molecule is CC(C)Cn1c(C2COc3ccccc3O2)n[nH]c1=S. The second kappa shape index (κ2) is 5.28. The van der Waals surface area contributed by atoms with Crippen LogP contribution in [0.2, 0.25) is 0 Å². The highest BCUT2D eigenvalue weighted by Crippen LogP contribution is 2.35. The molecule has 1 atom stereocenters. The third-order valence-corrected chi connectivity index (χ3v) is 3.44. The van der Waals surface area contributed by atoms with E-state index in [1.165, 1.54) is 0 Å². The zero-order valence-electron chi connectivity index (χ0n) is 11.5. The zero-order chi connectivity index (χ0) is 14.1. The molecule has 2 heterocycles. The van der Waals surface area contributed by atoms with Crippen molar-refractivity contribution >= 4 is 12.2 Å². The molecule has 1 aliphatic heterocycles. The summed E-state index contributed by atoms with van der Waals surface area (Å²) < 4.78 is 14.3. The van der Waals surface area contributed by atoms with Gasteiger partial charge in [0, 0.05) is 6.54 Å². The van der Waals surface area contributed by atoms with Crippen LogP contribution in [0.15, 0.2) is 24.3 Å².